The van der Waals surface area contributed by atoms with Crippen LogP contribution in [0.15, 0.2) is 0 Å². The summed E-state index contributed by atoms with van der Waals surface area (Å²) in [4.78, 5) is 11.7. The first-order valence-corrected chi connectivity index (χ1v) is 7.05. The van der Waals surface area contributed by atoms with Gasteiger partial charge in [-0.25, -0.2) is 8.42 Å². The van der Waals surface area contributed by atoms with Gasteiger partial charge in [0.25, 0.3) is 0 Å². The van der Waals surface area contributed by atoms with Gasteiger partial charge in [0.15, 0.2) is 15.8 Å². The van der Waals surface area contributed by atoms with E-state index in [-0.39, 0.29) is 17.9 Å². The van der Waals surface area contributed by atoms with Crippen LogP contribution < -0.4 is 0 Å². The van der Waals surface area contributed by atoms with Crippen LogP contribution in [0.4, 0.5) is 13.2 Å². The molecule has 1 aliphatic rings. The number of hydrogen-bond acceptors (Lipinski definition) is 4. The first kappa shape index (κ1) is 15.2. The molecule has 5 nitrogen and oxygen atoms in total. The number of aliphatic carboxylic acids is 1. The maximum atomic E-state index is 12.4. The lowest BCUT2D eigenvalue weighted by molar-refractivity contribution is -0.196. The number of carboxylic acid groups (broad SMARTS) is 1. The average Bonchev–Trinajstić information content (AvgIpc) is 2.52. The normalized spacial score (nSPS) is 25.3. The molecule has 1 rings (SSSR count). The van der Waals surface area contributed by atoms with Crippen molar-refractivity contribution in [2.24, 2.45) is 5.92 Å². The molecule has 106 valence electrons. The van der Waals surface area contributed by atoms with E-state index >= 15 is 0 Å². The number of carbonyl (C=O) groups is 1. The summed E-state index contributed by atoms with van der Waals surface area (Å²) in [5, 5.41) is 8.54. The molecular weight excluding hydrogens is 275 g/mol. The van der Waals surface area contributed by atoms with Crippen LogP contribution in [0.5, 0.6) is 0 Å². The molecule has 1 saturated heterocycles. The van der Waals surface area contributed by atoms with Crippen molar-refractivity contribution in [3.05, 3.63) is 0 Å². The molecule has 0 aliphatic carbocycles. The highest BCUT2D eigenvalue weighted by Crippen LogP contribution is 2.28. The zero-order valence-electron chi connectivity index (χ0n) is 9.64. The fourth-order valence-corrected chi connectivity index (χ4v) is 3.69. The average molecular weight is 289 g/mol. The van der Waals surface area contributed by atoms with Gasteiger partial charge in [-0.3, -0.25) is 4.79 Å². The quantitative estimate of drug-likeness (QED) is 0.809. The summed E-state index contributed by atoms with van der Waals surface area (Å²) in [6, 6.07) is -0.542. The second-order valence-corrected chi connectivity index (χ2v) is 6.66. The van der Waals surface area contributed by atoms with E-state index in [4.69, 9.17) is 5.11 Å². The van der Waals surface area contributed by atoms with Crippen molar-refractivity contribution in [1.29, 1.82) is 0 Å². The number of carboxylic acids is 1. The van der Waals surface area contributed by atoms with Gasteiger partial charge in [-0.05, 0) is 13.5 Å². The Morgan fingerprint density at radius 2 is 2.06 bits per heavy atom. The molecule has 0 spiro atoms. The summed E-state index contributed by atoms with van der Waals surface area (Å²) in [5.41, 5.74) is 0. The molecule has 0 aromatic carbocycles. The third-order valence-electron chi connectivity index (χ3n) is 3.00. The SMILES string of the molecule is CN(CC(C(=O)O)C(F)(F)F)C1CCS(=O)(=O)C1. The van der Waals surface area contributed by atoms with Crippen molar-refractivity contribution in [1.82, 2.24) is 4.90 Å². The molecule has 0 radical (unpaired) electrons. The predicted molar refractivity (Wildman–Crippen MR) is 56.9 cm³/mol. The molecule has 2 atom stereocenters. The van der Waals surface area contributed by atoms with Crippen LogP contribution in [0, 0.1) is 5.92 Å². The molecule has 1 aliphatic heterocycles. The van der Waals surface area contributed by atoms with Gasteiger partial charge in [-0.1, -0.05) is 0 Å². The van der Waals surface area contributed by atoms with Crippen molar-refractivity contribution in [2.45, 2.75) is 18.6 Å². The van der Waals surface area contributed by atoms with Gasteiger partial charge in [0, 0.05) is 12.6 Å². The van der Waals surface area contributed by atoms with Crippen LogP contribution in [0.3, 0.4) is 0 Å². The number of rotatable bonds is 4. The molecule has 0 saturated carbocycles. The van der Waals surface area contributed by atoms with Gasteiger partial charge in [0.1, 0.15) is 0 Å². The van der Waals surface area contributed by atoms with E-state index in [9.17, 15) is 26.4 Å². The van der Waals surface area contributed by atoms with E-state index in [0.29, 0.717) is 0 Å². The first-order chi connectivity index (χ1) is 8.03. The molecule has 1 fully saturated rings. The highest BCUT2D eigenvalue weighted by Gasteiger charge is 2.46. The van der Waals surface area contributed by atoms with Crippen molar-refractivity contribution in [3.63, 3.8) is 0 Å². The van der Waals surface area contributed by atoms with Crippen molar-refractivity contribution < 1.29 is 31.5 Å². The summed E-state index contributed by atoms with van der Waals surface area (Å²) >= 11 is 0. The fraction of sp³-hybridized carbons (Fsp3) is 0.889. The van der Waals surface area contributed by atoms with E-state index in [2.05, 4.69) is 0 Å². The van der Waals surface area contributed by atoms with Crippen LogP contribution in [0.1, 0.15) is 6.42 Å². The summed E-state index contributed by atoms with van der Waals surface area (Å²) in [5.74, 6) is -4.72. The zero-order chi connectivity index (χ0) is 14.1. The molecular formula is C9H14F3NO4S. The Morgan fingerprint density at radius 1 is 1.50 bits per heavy atom. The van der Waals surface area contributed by atoms with Crippen LogP contribution in [0.25, 0.3) is 0 Å². The molecule has 18 heavy (non-hydrogen) atoms. The largest absolute Gasteiger partial charge is 0.481 e. The zero-order valence-corrected chi connectivity index (χ0v) is 10.5. The summed E-state index contributed by atoms with van der Waals surface area (Å²) < 4.78 is 59.7. The van der Waals surface area contributed by atoms with Crippen LogP contribution >= 0.6 is 0 Å². The number of alkyl halides is 3. The number of hydrogen-bond donors (Lipinski definition) is 1. The Hall–Kier alpha value is -0.830. The second kappa shape index (κ2) is 5.04. The standard InChI is InChI=1S/C9H14F3NO4S/c1-13(6-2-3-18(16,17)5-6)4-7(8(14)15)9(10,11)12/h6-7H,2-5H2,1H3,(H,14,15). The van der Waals surface area contributed by atoms with Crippen molar-refractivity contribution in [2.75, 3.05) is 25.1 Å². The Labute approximate surface area is 102 Å². The Morgan fingerprint density at radius 3 is 2.39 bits per heavy atom. The van der Waals surface area contributed by atoms with Gasteiger partial charge in [-0.2, -0.15) is 13.2 Å². The lowest BCUT2D eigenvalue weighted by atomic mass is 10.1. The summed E-state index contributed by atoms with van der Waals surface area (Å²) in [6.45, 7) is -0.737. The Bertz CT molecular complexity index is 420. The molecule has 2 unspecified atom stereocenters. The van der Waals surface area contributed by atoms with Crippen LogP contribution in [-0.4, -0.2) is 61.7 Å². The van der Waals surface area contributed by atoms with E-state index in [1.807, 2.05) is 0 Å². The van der Waals surface area contributed by atoms with Gasteiger partial charge in [0.2, 0.25) is 0 Å². The fourth-order valence-electron chi connectivity index (χ4n) is 1.88. The van der Waals surface area contributed by atoms with E-state index in [0.717, 1.165) is 4.90 Å². The minimum absolute atomic E-state index is 0.0637. The third kappa shape index (κ3) is 3.84. The topological polar surface area (TPSA) is 74.7 Å². The van der Waals surface area contributed by atoms with Gasteiger partial charge < -0.3 is 10.0 Å². The maximum Gasteiger partial charge on any atom is 0.403 e. The predicted octanol–water partition coefficient (Wildman–Crippen LogP) is 0.368. The van der Waals surface area contributed by atoms with E-state index < -0.39 is 40.5 Å². The van der Waals surface area contributed by atoms with E-state index in [1.54, 1.807) is 0 Å². The Kier molecular flexibility index (Phi) is 4.26. The molecule has 9 heteroatoms. The Balaban J connectivity index is 2.69. The highest BCUT2D eigenvalue weighted by molar-refractivity contribution is 7.91. The smallest absolute Gasteiger partial charge is 0.403 e. The molecule has 1 heterocycles. The monoisotopic (exact) mass is 289 g/mol. The van der Waals surface area contributed by atoms with E-state index in [1.165, 1.54) is 7.05 Å². The second-order valence-electron chi connectivity index (χ2n) is 4.43. The molecule has 0 aromatic heterocycles. The minimum atomic E-state index is -4.84. The van der Waals surface area contributed by atoms with Gasteiger partial charge in [-0.15, -0.1) is 0 Å². The number of sulfone groups is 1. The first-order valence-electron chi connectivity index (χ1n) is 5.23. The van der Waals surface area contributed by atoms with Gasteiger partial charge in [0.05, 0.1) is 11.5 Å². The number of nitrogens with zero attached hydrogens (tertiary/aromatic N) is 1. The highest BCUT2D eigenvalue weighted by atomic mass is 32.2. The lowest BCUT2D eigenvalue weighted by Gasteiger charge is -2.27. The number of halogens is 3. The molecule has 1 N–H and O–H groups in total. The van der Waals surface area contributed by atoms with Crippen molar-refractivity contribution in [3.8, 4) is 0 Å². The summed E-state index contributed by atoms with van der Waals surface area (Å²) in [6.07, 6.45) is -4.60. The molecule has 0 bridgehead atoms. The molecule has 0 amide bonds. The minimum Gasteiger partial charge on any atom is -0.481 e. The third-order valence-corrected chi connectivity index (χ3v) is 4.75. The van der Waals surface area contributed by atoms with Crippen LogP contribution in [-0.2, 0) is 14.6 Å². The van der Waals surface area contributed by atoms with Crippen LogP contribution in [0.2, 0.25) is 0 Å². The molecule has 0 aromatic rings. The lowest BCUT2D eigenvalue weighted by Crippen LogP contribution is -2.44. The summed E-state index contributed by atoms with van der Waals surface area (Å²) in [7, 11) is -1.89. The maximum absolute atomic E-state index is 12.4. The van der Waals surface area contributed by atoms with Gasteiger partial charge >= 0.3 is 12.1 Å². The van der Waals surface area contributed by atoms with Crippen molar-refractivity contribution >= 4 is 15.8 Å².